The summed E-state index contributed by atoms with van der Waals surface area (Å²) in [5, 5.41) is 0.816. The van der Waals surface area contributed by atoms with Gasteiger partial charge in [0, 0.05) is 49.0 Å². The zero-order chi connectivity index (χ0) is 34.0. The summed E-state index contributed by atoms with van der Waals surface area (Å²) in [6.45, 7) is 0. The van der Waals surface area contributed by atoms with Crippen molar-refractivity contribution in [3.63, 3.8) is 0 Å². The van der Waals surface area contributed by atoms with Gasteiger partial charge in [0.1, 0.15) is 11.6 Å². The molecule has 1 unspecified atom stereocenters. The van der Waals surface area contributed by atoms with Crippen molar-refractivity contribution in [3.05, 3.63) is 200 Å². The predicted octanol–water partition coefficient (Wildman–Crippen LogP) is 9.62. The summed E-state index contributed by atoms with van der Waals surface area (Å²) >= 11 is 12.2. The van der Waals surface area contributed by atoms with E-state index in [-0.39, 0.29) is 50.9 Å². The Bertz CT molecular complexity index is 2060. The number of ketones is 4. The lowest BCUT2D eigenvalue weighted by atomic mass is 9.64. The van der Waals surface area contributed by atoms with Gasteiger partial charge in [0.25, 0.3) is 0 Å². The molecular weight excluding hydrogens is 653 g/mol. The molecule has 1 atom stereocenters. The third-order valence-electron chi connectivity index (χ3n) is 8.27. The van der Waals surface area contributed by atoms with Crippen molar-refractivity contribution < 1.29 is 28.0 Å². The monoisotopic (exact) mass is 676 g/mol. The normalized spacial score (nSPS) is 15.5. The Kier molecular flexibility index (Phi) is 9.13. The molecule has 4 nitrogen and oxygen atoms in total. The number of benzene rings is 5. The molecule has 0 aromatic heterocycles. The second kappa shape index (κ2) is 13.4. The standard InChI is InChI=1S/C40H24Cl2F2O4/c41-29-14-6-25(7-15-29)37(46)33-4-1-5-34(38(47)26-8-16-30(42)17-9-26)35(33)40(39(48)27-12-20-32(44)21-13-27)22-2-3-28(23-40)36(45)24-10-18-31(43)19-11-24/h1-22H,23H2. The molecule has 8 heteroatoms. The highest BCUT2D eigenvalue weighted by Crippen LogP contribution is 2.44. The lowest BCUT2D eigenvalue weighted by Gasteiger charge is -2.35. The van der Waals surface area contributed by atoms with Gasteiger partial charge < -0.3 is 0 Å². The van der Waals surface area contributed by atoms with E-state index in [4.69, 9.17) is 23.2 Å². The molecule has 5 aromatic rings. The van der Waals surface area contributed by atoms with Crippen molar-refractivity contribution in [1.29, 1.82) is 0 Å². The van der Waals surface area contributed by atoms with Gasteiger partial charge in [0.05, 0.1) is 5.41 Å². The van der Waals surface area contributed by atoms with Gasteiger partial charge >= 0.3 is 0 Å². The average molecular weight is 678 g/mol. The second-order valence-electron chi connectivity index (χ2n) is 11.3. The number of hydrogen-bond acceptors (Lipinski definition) is 4. The lowest BCUT2D eigenvalue weighted by Crippen LogP contribution is -2.40. The number of halogens is 4. The van der Waals surface area contributed by atoms with Crippen molar-refractivity contribution in [3.8, 4) is 0 Å². The van der Waals surface area contributed by atoms with E-state index in [1.54, 1.807) is 42.5 Å². The summed E-state index contributed by atoms with van der Waals surface area (Å²) in [5.41, 5.74) is -0.669. The molecule has 5 aromatic carbocycles. The van der Waals surface area contributed by atoms with Crippen LogP contribution in [0.2, 0.25) is 10.0 Å². The summed E-state index contributed by atoms with van der Waals surface area (Å²) in [6.07, 6.45) is 4.38. The highest BCUT2D eigenvalue weighted by atomic mass is 35.5. The zero-order valence-electron chi connectivity index (χ0n) is 25.1. The fraction of sp³-hybridized carbons (Fsp3) is 0.0500. The first kappa shape index (κ1) is 32.6. The maximum Gasteiger partial charge on any atom is 0.193 e. The molecule has 0 saturated carbocycles. The van der Waals surface area contributed by atoms with Crippen LogP contribution in [0.4, 0.5) is 8.78 Å². The van der Waals surface area contributed by atoms with Crippen LogP contribution in [0.5, 0.6) is 0 Å². The largest absolute Gasteiger partial charge is 0.293 e. The Morgan fingerprint density at radius 2 is 0.958 bits per heavy atom. The molecule has 0 aliphatic heterocycles. The van der Waals surface area contributed by atoms with E-state index >= 15 is 0 Å². The molecule has 0 N–H and O–H groups in total. The number of carbonyl (C=O) groups is 4. The van der Waals surface area contributed by atoms with E-state index in [0.29, 0.717) is 10.0 Å². The van der Waals surface area contributed by atoms with E-state index in [1.807, 2.05) is 0 Å². The second-order valence-corrected chi connectivity index (χ2v) is 12.1. The Hall–Kier alpha value is -5.30. The van der Waals surface area contributed by atoms with E-state index in [9.17, 15) is 28.0 Å². The highest BCUT2D eigenvalue weighted by Gasteiger charge is 2.46. The molecule has 0 heterocycles. The Labute approximate surface area is 285 Å². The number of Topliss-reactive ketones (excluding diaryl/α,β-unsaturated/α-hetero) is 2. The Morgan fingerprint density at radius 1 is 0.542 bits per heavy atom. The van der Waals surface area contributed by atoms with E-state index in [2.05, 4.69) is 0 Å². The van der Waals surface area contributed by atoms with Crippen LogP contribution in [0.3, 0.4) is 0 Å². The molecule has 0 bridgehead atoms. The first-order valence-electron chi connectivity index (χ1n) is 14.8. The first-order chi connectivity index (χ1) is 23.1. The molecule has 0 fully saturated rings. The van der Waals surface area contributed by atoms with Crippen molar-refractivity contribution >= 4 is 46.3 Å². The lowest BCUT2D eigenvalue weighted by molar-refractivity contribution is 0.0908. The van der Waals surface area contributed by atoms with Gasteiger partial charge in [-0.05, 0) is 109 Å². The van der Waals surface area contributed by atoms with Crippen molar-refractivity contribution in [2.45, 2.75) is 11.8 Å². The number of hydrogen-bond donors (Lipinski definition) is 0. The third kappa shape index (κ3) is 6.33. The average Bonchev–Trinajstić information content (AvgIpc) is 3.11. The zero-order valence-corrected chi connectivity index (χ0v) is 26.6. The van der Waals surface area contributed by atoms with Gasteiger partial charge in [-0.3, -0.25) is 19.2 Å². The predicted molar refractivity (Wildman–Crippen MR) is 181 cm³/mol. The number of carbonyl (C=O) groups excluding carboxylic acids is 4. The van der Waals surface area contributed by atoms with Crippen LogP contribution < -0.4 is 0 Å². The summed E-state index contributed by atoms with van der Waals surface area (Å²) in [4.78, 5) is 57.3. The van der Waals surface area contributed by atoms with E-state index in [1.165, 1.54) is 66.7 Å². The maximum absolute atomic E-state index is 14.9. The minimum absolute atomic E-state index is 0.0488. The molecule has 48 heavy (non-hydrogen) atoms. The SMILES string of the molecule is O=C(C1=CC=CC(C(=O)c2ccc(F)cc2)(c2c(C(=O)c3ccc(Cl)cc3)cccc2C(=O)c2ccc(Cl)cc2)C1)c1ccc(F)cc1. The summed E-state index contributed by atoms with van der Waals surface area (Å²) in [7, 11) is 0. The molecule has 6 rings (SSSR count). The van der Waals surface area contributed by atoms with E-state index in [0.717, 1.165) is 24.3 Å². The molecule has 0 saturated heterocycles. The smallest absolute Gasteiger partial charge is 0.193 e. The van der Waals surface area contributed by atoms with Crippen molar-refractivity contribution in [2.75, 3.05) is 0 Å². The fourth-order valence-corrected chi connectivity index (χ4v) is 6.17. The van der Waals surface area contributed by atoms with Crippen LogP contribution in [0.15, 0.2) is 139 Å². The topological polar surface area (TPSA) is 68.3 Å². The molecular formula is C40H24Cl2F2O4. The van der Waals surface area contributed by atoms with Gasteiger partial charge in [-0.25, -0.2) is 8.78 Å². The van der Waals surface area contributed by atoms with Gasteiger partial charge in [0.2, 0.25) is 0 Å². The number of rotatable bonds is 9. The molecule has 236 valence electrons. The van der Waals surface area contributed by atoms with Crippen LogP contribution in [0.1, 0.15) is 64.5 Å². The fourth-order valence-electron chi connectivity index (χ4n) is 5.91. The van der Waals surface area contributed by atoms with Crippen LogP contribution in [0, 0.1) is 11.6 Å². The van der Waals surface area contributed by atoms with Gasteiger partial charge in [-0.1, -0.05) is 59.6 Å². The number of allylic oxidation sites excluding steroid dienone is 4. The van der Waals surface area contributed by atoms with Gasteiger partial charge in [-0.15, -0.1) is 0 Å². The Morgan fingerprint density at radius 3 is 1.44 bits per heavy atom. The van der Waals surface area contributed by atoms with Crippen LogP contribution >= 0.6 is 23.2 Å². The third-order valence-corrected chi connectivity index (χ3v) is 8.77. The molecule has 1 aliphatic rings. The molecule has 0 spiro atoms. The van der Waals surface area contributed by atoms with E-state index < -0.39 is 40.2 Å². The molecule has 0 radical (unpaired) electrons. The quantitative estimate of drug-likeness (QED) is 0.146. The molecule has 0 amide bonds. The van der Waals surface area contributed by atoms with Crippen LogP contribution in [0.25, 0.3) is 0 Å². The first-order valence-corrected chi connectivity index (χ1v) is 15.6. The van der Waals surface area contributed by atoms with Crippen molar-refractivity contribution in [1.82, 2.24) is 0 Å². The van der Waals surface area contributed by atoms with Crippen LogP contribution in [-0.2, 0) is 5.41 Å². The molecule has 1 aliphatic carbocycles. The highest BCUT2D eigenvalue weighted by molar-refractivity contribution is 6.31. The van der Waals surface area contributed by atoms with Crippen LogP contribution in [-0.4, -0.2) is 23.1 Å². The van der Waals surface area contributed by atoms with Gasteiger partial charge in [0.15, 0.2) is 23.1 Å². The maximum atomic E-state index is 14.9. The van der Waals surface area contributed by atoms with Gasteiger partial charge in [-0.2, -0.15) is 0 Å². The summed E-state index contributed by atoms with van der Waals surface area (Å²) in [6, 6.07) is 26.9. The minimum Gasteiger partial charge on any atom is -0.293 e. The summed E-state index contributed by atoms with van der Waals surface area (Å²) < 4.78 is 27.8. The Balaban J connectivity index is 1.62. The minimum atomic E-state index is -1.80. The summed E-state index contributed by atoms with van der Waals surface area (Å²) in [5.74, 6) is -3.12. The van der Waals surface area contributed by atoms with Crippen molar-refractivity contribution in [2.24, 2.45) is 0 Å².